The summed E-state index contributed by atoms with van der Waals surface area (Å²) in [5.74, 6) is -0.261. The Morgan fingerprint density at radius 1 is 1.50 bits per heavy atom. The summed E-state index contributed by atoms with van der Waals surface area (Å²) >= 11 is 0. The number of nitrogens with zero attached hydrogens (tertiary/aromatic N) is 2. The van der Waals surface area contributed by atoms with E-state index in [1.54, 1.807) is 6.07 Å². The third kappa shape index (κ3) is 2.15. The van der Waals surface area contributed by atoms with Gasteiger partial charge in [0.05, 0.1) is 6.07 Å². The van der Waals surface area contributed by atoms with Crippen LogP contribution >= 0.6 is 0 Å². The highest BCUT2D eigenvalue weighted by Crippen LogP contribution is 2.24. The van der Waals surface area contributed by atoms with E-state index >= 15 is 0 Å². The van der Waals surface area contributed by atoms with Crippen LogP contribution in [-0.2, 0) is 0 Å². The van der Waals surface area contributed by atoms with Gasteiger partial charge in [0.15, 0.2) is 0 Å². The molecule has 1 aromatic carbocycles. The Balaban J connectivity index is 2.20. The van der Waals surface area contributed by atoms with Crippen molar-refractivity contribution in [3.05, 3.63) is 30.1 Å². The van der Waals surface area contributed by atoms with Gasteiger partial charge >= 0.3 is 0 Å². The second-order valence-electron chi connectivity index (χ2n) is 4.27. The van der Waals surface area contributed by atoms with E-state index in [9.17, 15) is 4.39 Å². The average molecular weight is 219 g/mol. The van der Waals surface area contributed by atoms with Gasteiger partial charge in [-0.3, -0.25) is 0 Å². The van der Waals surface area contributed by atoms with Crippen LogP contribution in [0.3, 0.4) is 0 Å². The lowest BCUT2D eigenvalue weighted by atomic mass is 9.91. The first-order valence-corrected chi connectivity index (χ1v) is 5.34. The molecule has 0 aromatic heterocycles. The second kappa shape index (κ2) is 4.11. The quantitative estimate of drug-likeness (QED) is 0.781. The van der Waals surface area contributed by atoms with Crippen LogP contribution in [0.5, 0.6) is 0 Å². The molecule has 0 spiro atoms. The van der Waals surface area contributed by atoms with E-state index in [0.29, 0.717) is 13.0 Å². The predicted molar refractivity (Wildman–Crippen MR) is 60.4 cm³/mol. The molecular formula is C12H14FN3. The SMILES string of the molecule is N#CC1(N)CCCN(c2cccc(F)c2)C1. The summed E-state index contributed by atoms with van der Waals surface area (Å²) < 4.78 is 13.1. The van der Waals surface area contributed by atoms with Crippen molar-refractivity contribution in [2.75, 3.05) is 18.0 Å². The van der Waals surface area contributed by atoms with Crippen LogP contribution in [0.15, 0.2) is 24.3 Å². The number of nitriles is 1. The molecule has 84 valence electrons. The van der Waals surface area contributed by atoms with Gasteiger partial charge in [0.2, 0.25) is 0 Å². The minimum atomic E-state index is -0.801. The lowest BCUT2D eigenvalue weighted by Crippen LogP contribution is -2.53. The molecule has 1 aliphatic heterocycles. The molecule has 1 aliphatic rings. The summed E-state index contributed by atoms with van der Waals surface area (Å²) in [5.41, 5.74) is 5.92. The molecule has 1 atom stereocenters. The van der Waals surface area contributed by atoms with Gasteiger partial charge in [-0.1, -0.05) is 6.07 Å². The topological polar surface area (TPSA) is 53.1 Å². The first kappa shape index (κ1) is 10.9. The Kier molecular flexibility index (Phi) is 2.80. The molecule has 1 heterocycles. The van der Waals surface area contributed by atoms with E-state index in [-0.39, 0.29) is 5.82 Å². The molecule has 0 bridgehead atoms. The second-order valence-corrected chi connectivity index (χ2v) is 4.27. The van der Waals surface area contributed by atoms with E-state index in [1.165, 1.54) is 12.1 Å². The molecule has 0 amide bonds. The number of rotatable bonds is 1. The van der Waals surface area contributed by atoms with Gasteiger partial charge in [0, 0.05) is 18.8 Å². The Labute approximate surface area is 94.3 Å². The van der Waals surface area contributed by atoms with Crippen molar-refractivity contribution in [3.8, 4) is 6.07 Å². The third-order valence-corrected chi connectivity index (χ3v) is 2.92. The zero-order chi connectivity index (χ0) is 11.6. The highest BCUT2D eigenvalue weighted by Gasteiger charge is 2.31. The Morgan fingerprint density at radius 3 is 3.00 bits per heavy atom. The molecule has 1 unspecified atom stereocenters. The van der Waals surface area contributed by atoms with Crippen LogP contribution in [0.4, 0.5) is 10.1 Å². The summed E-state index contributed by atoms with van der Waals surface area (Å²) in [6.45, 7) is 1.29. The minimum absolute atomic E-state index is 0.261. The average Bonchev–Trinajstić information content (AvgIpc) is 2.29. The third-order valence-electron chi connectivity index (χ3n) is 2.92. The maximum atomic E-state index is 13.1. The molecule has 0 aliphatic carbocycles. The maximum Gasteiger partial charge on any atom is 0.125 e. The van der Waals surface area contributed by atoms with Crippen molar-refractivity contribution in [1.29, 1.82) is 5.26 Å². The van der Waals surface area contributed by atoms with E-state index in [1.807, 2.05) is 11.0 Å². The molecule has 3 nitrogen and oxygen atoms in total. The van der Waals surface area contributed by atoms with Gasteiger partial charge in [-0.2, -0.15) is 5.26 Å². The Hall–Kier alpha value is -1.60. The number of piperidine rings is 1. The van der Waals surface area contributed by atoms with Gasteiger partial charge in [-0.05, 0) is 31.0 Å². The van der Waals surface area contributed by atoms with Gasteiger partial charge in [0.1, 0.15) is 11.4 Å². The fourth-order valence-electron chi connectivity index (χ4n) is 2.07. The first-order valence-electron chi connectivity index (χ1n) is 5.34. The molecule has 1 fully saturated rings. The number of benzene rings is 1. The minimum Gasteiger partial charge on any atom is -0.369 e. The summed E-state index contributed by atoms with van der Waals surface area (Å²) in [4.78, 5) is 1.97. The smallest absolute Gasteiger partial charge is 0.125 e. The van der Waals surface area contributed by atoms with Crippen LogP contribution in [0.2, 0.25) is 0 Å². The van der Waals surface area contributed by atoms with Crippen molar-refractivity contribution >= 4 is 5.69 Å². The van der Waals surface area contributed by atoms with E-state index in [4.69, 9.17) is 11.0 Å². The maximum absolute atomic E-state index is 13.1. The highest BCUT2D eigenvalue weighted by molar-refractivity contribution is 5.48. The molecule has 4 heteroatoms. The Morgan fingerprint density at radius 2 is 2.31 bits per heavy atom. The zero-order valence-electron chi connectivity index (χ0n) is 8.99. The molecular weight excluding hydrogens is 205 g/mol. The lowest BCUT2D eigenvalue weighted by Gasteiger charge is -2.37. The largest absolute Gasteiger partial charge is 0.369 e. The van der Waals surface area contributed by atoms with Gasteiger partial charge in [0.25, 0.3) is 0 Å². The summed E-state index contributed by atoms with van der Waals surface area (Å²) in [6, 6.07) is 8.53. The Bertz CT molecular complexity index is 427. The fraction of sp³-hybridized carbons (Fsp3) is 0.417. The van der Waals surface area contributed by atoms with Crippen LogP contribution in [0.25, 0.3) is 0 Å². The lowest BCUT2D eigenvalue weighted by molar-refractivity contribution is 0.424. The molecule has 1 saturated heterocycles. The molecule has 1 aromatic rings. The number of hydrogen-bond acceptors (Lipinski definition) is 3. The summed E-state index contributed by atoms with van der Waals surface area (Å²) in [6.07, 6.45) is 1.57. The predicted octanol–water partition coefficient (Wildman–Crippen LogP) is 1.65. The van der Waals surface area contributed by atoms with Crippen LogP contribution in [0.1, 0.15) is 12.8 Å². The zero-order valence-corrected chi connectivity index (χ0v) is 8.99. The first-order chi connectivity index (χ1) is 7.63. The van der Waals surface area contributed by atoms with Crippen molar-refractivity contribution in [2.45, 2.75) is 18.4 Å². The number of halogens is 1. The highest BCUT2D eigenvalue weighted by atomic mass is 19.1. The van der Waals surface area contributed by atoms with E-state index in [0.717, 1.165) is 18.7 Å². The van der Waals surface area contributed by atoms with Gasteiger partial charge in [-0.15, -0.1) is 0 Å². The fourth-order valence-corrected chi connectivity index (χ4v) is 2.07. The monoisotopic (exact) mass is 219 g/mol. The van der Waals surface area contributed by atoms with Crippen LogP contribution < -0.4 is 10.6 Å². The van der Waals surface area contributed by atoms with Crippen molar-refractivity contribution in [2.24, 2.45) is 5.73 Å². The molecule has 0 saturated carbocycles. The number of hydrogen-bond donors (Lipinski definition) is 1. The van der Waals surface area contributed by atoms with Crippen LogP contribution in [0, 0.1) is 17.1 Å². The molecule has 16 heavy (non-hydrogen) atoms. The number of nitrogens with two attached hydrogens (primary N) is 1. The van der Waals surface area contributed by atoms with Crippen molar-refractivity contribution in [3.63, 3.8) is 0 Å². The van der Waals surface area contributed by atoms with Crippen molar-refractivity contribution in [1.82, 2.24) is 0 Å². The molecule has 2 rings (SSSR count). The molecule has 2 N–H and O–H groups in total. The van der Waals surface area contributed by atoms with Crippen LogP contribution in [-0.4, -0.2) is 18.6 Å². The van der Waals surface area contributed by atoms with E-state index in [2.05, 4.69) is 6.07 Å². The number of anilines is 1. The van der Waals surface area contributed by atoms with Gasteiger partial charge < -0.3 is 10.6 Å². The standard InChI is InChI=1S/C12H14FN3/c13-10-3-1-4-11(7-10)16-6-2-5-12(15,8-14)9-16/h1,3-4,7H,2,5-6,9,15H2. The van der Waals surface area contributed by atoms with Gasteiger partial charge in [-0.25, -0.2) is 4.39 Å². The summed E-state index contributed by atoms with van der Waals surface area (Å²) in [5, 5.41) is 8.99. The normalized spacial score (nSPS) is 25.2. The van der Waals surface area contributed by atoms with Crippen molar-refractivity contribution < 1.29 is 4.39 Å². The molecule has 0 radical (unpaired) electrons. The summed E-state index contributed by atoms with van der Waals surface area (Å²) in [7, 11) is 0. The van der Waals surface area contributed by atoms with E-state index < -0.39 is 5.54 Å².